The van der Waals surface area contributed by atoms with Gasteiger partial charge in [0.2, 0.25) is 5.75 Å². The third kappa shape index (κ3) is 3.34. The van der Waals surface area contributed by atoms with Crippen molar-refractivity contribution in [2.24, 2.45) is 0 Å². The number of benzene rings is 2. The van der Waals surface area contributed by atoms with Crippen LogP contribution in [-0.4, -0.2) is 27.3 Å². The quantitative estimate of drug-likeness (QED) is 0.577. The summed E-state index contributed by atoms with van der Waals surface area (Å²) in [5, 5.41) is 0. The average molecular weight is 370 g/mol. The van der Waals surface area contributed by atoms with Gasteiger partial charge in [0, 0.05) is 0 Å². The van der Waals surface area contributed by atoms with Crippen molar-refractivity contribution in [3.05, 3.63) is 46.5 Å². The minimum absolute atomic E-state index is 0.263. The molecule has 0 bridgehead atoms. The molecule has 0 aliphatic carbocycles. The molecule has 3 rings (SSSR count). The highest BCUT2D eigenvalue weighted by Crippen LogP contribution is 2.44. The molecule has 1 atom stereocenters. The second kappa shape index (κ2) is 7.51. The first kappa shape index (κ1) is 19.1. The van der Waals surface area contributed by atoms with Crippen molar-refractivity contribution >= 4 is 5.97 Å². The SMILES string of the molecule is COc1cc(C2Cc3c(C(C)C)ccc(C)c3OC2=O)cc(OC)c1OC. The first-order chi connectivity index (χ1) is 12.9. The minimum atomic E-state index is -0.425. The normalized spacial score (nSPS) is 16.0. The fourth-order valence-corrected chi connectivity index (χ4v) is 3.67. The van der Waals surface area contributed by atoms with Crippen molar-refractivity contribution in [2.75, 3.05) is 21.3 Å². The predicted molar refractivity (Wildman–Crippen MR) is 103 cm³/mol. The Morgan fingerprint density at radius 2 is 1.67 bits per heavy atom. The molecule has 27 heavy (non-hydrogen) atoms. The maximum atomic E-state index is 12.8. The zero-order chi connectivity index (χ0) is 19.7. The van der Waals surface area contributed by atoms with Crippen LogP contribution in [0.3, 0.4) is 0 Å². The van der Waals surface area contributed by atoms with Crippen LogP contribution in [0.5, 0.6) is 23.0 Å². The fourth-order valence-electron chi connectivity index (χ4n) is 3.67. The van der Waals surface area contributed by atoms with E-state index >= 15 is 0 Å². The molecule has 1 aliphatic rings. The van der Waals surface area contributed by atoms with E-state index in [0.717, 1.165) is 16.7 Å². The molecule has 2 aromatic rings. The van der Waals surface area contributed by atoms with Gasteiger partial charge in [0.25, 0.3) is 0 Å². The lowest BCUT2D eigenvalue weighted by Crippen LogP contribution is -2.27. The van der Waals surface area contributed by atoms with E-state index < -0.39 is 5.92 Å². The van der Waals surface area contributed by atoms with Crippen molar-refractivity contribution in [1.29, 1.82) is 0 Å². The Hall–Kier alpha value is -2.69. The lowest BCUT2D eigenvalue weighted by Gasteiger charge is -2.28. The third-order valence-electron chi connectivity index (χ3n) is 5.10. The van der Waals surface area contributed by atoms with Crippen molar-refractivity contribution in [2.45, 2.75) is 39.0 Å². The van der Waals surface area contributed by atoms with Gasteiger partial charge in [0.15, 0.2) is 11.5 Å². The Labute approximate surface area is 160 Å². The van der Waals surface area contributed by atoms with Gasteiger partial charge in [-0.25, -0.2) is 0 Å². The number of hydrogen-bond acceptors (Lipinski definition) is 5. The van der Waals surface area contributed by atoms with Gasteiger partial charge in [-0.05, 0) is 53.6 Å². The highest BCUT2D eigenvalue weighted by Gasteiger charge is 2.34. The zero-order valence-corrected chi connectivity index (χ0v) is 16.7. The summed E-state index contributed by atoms with van der Waals surface area (Å²) in [5.74, 6) is 1.92. The molecule has 0 saturated carbocycles. The second-order valence-corrected chi connectivity index (χ2v) is 7.07. The number of esters is 1. The molecule has 5 heteroatoms. The second-order valence-electron chi connectivity index (χ2n) is 7.07. The number of hydrogen-bond donors (Lipinski definition) is 0. The Balaban J connectivity index is 2.10. The minimum Gasteiger partial charge on any atom is -0.493 e. The lowest BCUT2D eigenvalue weighted by molar-refractivity contribution is -0.137. The van der Waals surface area contributed by atoms with Crippen LogP contribution in [0.1, 0.15) is 47.9 Å². The molecule has 0 spiro atoms. The van der Waals surface area contributed by atoms with Crippen molar-refractivity contribution < 1.29 is 23.7 Å². The highest BCUT2D eigenvalue weighted by molar-refractivity contribution is 5.84. The van der Waals surface area contributed by atoms with Gasteiger partial charge in [0.05, 0.1) is 27.2 Å². The van der Waals surface area contributed by atoms with Crippen LogP contribution in [0.15, 0.2) is 24.3 Å². The molecule has 144 valence electrons. The van der Waals surface area contributed by atoms with E-state index in [1.54, 1.807) is 21.3 Å². The summed E-state index contributed by atoms with van der Waals surface area (Å²) in [5.41, 5.74) is 4.08. The van der Waals surface area contributed by atoms with Crippen molar-refractivity contribution in [1.82, 2.24) is 0 Å². The number of rotatable bonds is 5. The molecule has 1 aliphatic heterocycles. The number of aryl methyl sites for hydroxylation is 1. The largest absolute Gasteiger partial charge is 0.493 e. The first-order valence-electron chi connectivity index (χ1n) is 9.05. The summed E-state index contributed by atoms with van der Waals surface area (Å²) < 4.78 is 22.0. The van der Waals surface area contributed by atoms with E-state index in [1.165, 1.54) is 5.56 Å². The van der Waals surface area contributed by atoms with Gasteiger partial charge in [0.1, 0.15) is 5.75 Å². The molecule has 1 unspecified atom stereocenters. The Morgan fingerprint density at radius 3 is 2.19 bits per heavy atom. The van der Waals surface area contributed by atoms with Crippen LogP contribution in [0.25, 0.3) is 0 Å². The smallest absolute Gasteiger partial charge is 0.319 e. The summed E-state index contributed by atoms with van der Waals surface area (Å²) >= 11 is 0. The van der Waals surface area contributed by atoms with Crippen LogP contribution in [0.2, 0.25) is 0 Å². The number of carbonyl (C=O) groups is 1. The summed E-state index contributed by atoms with van der Waals surface area (Å²) in [4.78, 5) is 12.8. The molecular formula is C22H26O5. The third-order valence-corrected chi connectivity index (χ3v) is 5.10. The van der Waals surface area contributed by atoms with Crippen LogP contribution in [-0.2, 0) is 11.2 Å². The Bertz CT molecular complexity index is 844. The molecule has 0 aromatic heterocycles. The summed E-state index contributed by atoms with van der Waals surface area (Å²) in [6, 6.07) is 7.79. The van der Waals surface area contributed by atoms with Gasteiger partial charge in [-0.1, -0.05) is 26.0 Å². The molecule has 0 N–H and O–H groups in total. The van der Waals surface area contributed by atoms with Gasteiger partial charge in [-0.3, -0.25) is 4.79 Å². The van der Waals surface area contributed by atoms with Crippen molar-refractivity contribution in [3.63, 3.8) is 0 Å². The molecule has 0 saturated heterocycles. The monoisotopic (exact) mass is 370 g/mol. The topological polar surface area (TPSA) is 54.0 Å². The fraction of sp³-hybridized carbons (Fsp3) is 0.409. The summed E-state index contributed by atoms with van der Waals surface area (Å²) in [6.07, 6.45) is 0.585. The maximum absolute atomic E-state index is 12.8. The molecule has 1 heterocycles. The van der Waals surface area contributed by atoms with E-state index in [4.69, 9.17) is 18.9 Å². The van der Waals surface area contributed by atoms with Crippen LogP contribution in [0.4, 0.5) is 0 Å². The first-order valence-corrected chi connectivity index (χ1v) is 9.05. The van der Waals surface area contributed by atoms with E-state index in [9.17, 15) is 4.79 Å². The molecular weight excluding hydrogens is 344 g/mol. The summed E-state index contributed by atoms with van der Waals surface area (Å²) in [6.45, 7) is 6.27. The van der Waals surface area contributed by atoms with E-state index in [1.807, 2.05) is 25.1 Å². The Kier molecular flexibility index (Phi) is 5.31. The van der Waals surface area contributed by atoms with Crippen LogP contribution in [0, 0.1) is 6.92 Å². The van der Waals surface area contributed by atoms with Crippen molar-refractivity contribution in [3.8, 4) is 23.0 Å². The lowest BCUT2D eigenvalue weighted by atomic mass is 9.83. The van der Waals surface area contributed by atoms with Gasteiger partial charge >= 0.3 is 5.97 Å². The zero-order valence-electron chi connectivity index (χ0n) is 16.7. The van der Waals surface area contributed by atoms with Crippen LogP contribution >= 0.6 is 0 Å². The van der Waals surface area contributed by atoms with Gasteiger partial charge in [-0.2, -0.15) is 0 Å². The average Bonchev–Trinajstić information content (AvgIpc) is 2.66. The number of carbonyl (C=O) groups excluding carboxylic acids is 1. The van der Waals surface area contributed by atoms with Gasteiger partial charge < -0.3 is 18.9 Å². The van der Waals surface area contributed by atoms with Crippen LogP contribution < -0.4 is 18.9 Å². The number of fused-ring (bicyclic) bond motifs is 1. The maximum Gasteiger partial charge on any atom is 0.319 e. The number of ether oxygens (including phenoxy) is 4. The van der Waals surface area contributed by atoms with E-state index in [2.05, 4.69) is 19.9 Å². The molecule has 0 amide bonds. The summed E-state index contributed by atoms with van der Waals surface area (Å²) in [7, 11) is 4.69. The highest BCUT2D eigenvalue weighted by atomic mass is 16.5. The molecule has 2 aromatic carbocycles. The molecule has 0 radical (unpaired) electrons. The van der Waals surface area contributed by atoms with E-state index in [0.29, 0.717) is 35.3 Å². The number of methoxy groups -OCH3 is 3. The van der Waals surface area contributed by atoms with E-state index in [-0.39, 0.29) is 5.97 Å². The molecule has 5 nitrogen and oxygen atoms in total. The Morgan fingerprint density at radius 1 is 1.04 bits per heavy atom. The molecule has 0 fully saturated rings. The van der Waals surface area contributed by atoms with Gasteiger partial charge in [-0.15, -0.1) is 0 Å². The predicted octanol–water partition coefficient (Wildman–Crippen LogP) is 4.39. The standard InChI is InChI=1S/C22H26O5/c1-12(2)15-8-7-13(3)20-17(15)11-16(22(23)27-20)14-9-18(24-4)21(26-6)19(10-14)25-5/h7-10,12,16H,11H2,1-6H3.